The Morgan fingerprint density at radius 3 is 2.70 bits per heavy atom. The Bertz CT molecular complexity index is 593. The minimum absolute atomic E-state index is 0.0407. The second-order valence-electron chi connectivity index (χ2n) is 4.91. The van der Waals surface area contributed by atoms with Gasteiger partial charge in [-0.1, -0.05) is 17.7 Å². The lowest BCUT2D eigenvalue weighted by Gasteiger charge is -2.25. The molecular formula is C16H20N2OS. The van der Waals surface area contributed by atoms with E-state index in [1.165, 1.54) is 4.88 Å². The first-order chi connectivity index (χ1) is 9.54. The number of thiophene rings is 1. The van der Waals surface area contributed by atoms with E-state index in [9.17, 15) is 4.79 Å². The summed E-state index contributed by atoms with van der Waals surface area (Å²) in [4.78, 5) is 15.7. The number of benzene rings is 1. The molecule has 0 fully saturated rings. The van der Waals surface area contributed by atoms with Crippen molar-refractivity contribution in [3.63, 3.8) is 0 Å². The van der Waals surface area contributed by atoms with Crippen LogP contribution >= 0.6 is 11.3 Å². The Morgan fingerprint density at radius 1 is 1.35 bits per heavy atom. The molecule has 1 aromatic heterocycles. The van der Waals surface area contributed by atoms with Crippen LogP contribution < -0.4 is 5.32 Å². The second kappa shape index (κ2) is 6.09. The van der Waals surface area contributed by atoms with Crippen LogP contribution in [0.2, 0.25) is 0 Å². The number of hydrogen-bond acceptors (Lipinski definition) is 3. The molecule has 0 aliphatic heterocycles. The second-order valence-corrected chi connectivity index (χ2v) is 5.89. The number of rotatable bonds is 4. The number of nitrogens with zero attached hydrogens (tertiary/aromatic N) is 1. The number of carbonyl (C=O) groups is 1. The normalized spacial score (nSPS) is 12.0. The van der Waals surface area contributed by atoms with Crippen molar-refractivity contribution in [1.82, 2.24) is 4.90 Å². The van der Waals surface area contributed by atoms with E-state index in [-0.39, 0.29) is 11.9 Å². The Hall–Kier alpha value is -1.81. The zero-order chi connectivity index (χ0) is 14.7. The highest BCUT2D eigenvalue weighted by molar-refractivity contribution is 7.10. The van der Waals surface area contributed by atoms with Crippen LogP contribution in [-0.2, 0) is 0 Å². The standard InChI is InChI=1S/C16H20N2OS/c1-11-7-8-14(17-3)13(10-11)16(19)18(4)12(2)15-6-5-9-20-15/h5-10,12,17H,1-4H3. The van der Waals surface area contributed by atoms with Crippen LogP contribution in [0.25, 0.3) is 0 Å². The SMILES string of the molecule is CNc1ccc(C)cc1C(=O)N(C)C(C)c1cccs1. The van der Waals surface area contributed by atoms with Crippen LogP contribution in [-0.4, -0.2) is 24.9 Å². The predicted molar refractivity (Wildman–Crippen MR) is 85.6 cm³/mol. The molecule has 3 nitrogen and oxygen atoms in total. The van der Waals surface area contributed by atoms with E-state index in [0.717, 1.165) is 16.8 Å². The smallest absolute Gasteiger partial charge is 0.256 e. The molecule has 1 unspecified atom stereocenters. The summed E-state index contributed by atoms with van der Waals surface area (Å²) in [5.74, 6) is 0.0407. The molecule has 2 aromatic rings. The predicted octanol–water partition coefficient (Wildman–Crippen LogP) is 3.93. The first-order valence-electron chi connectivity index (χ1n) is 6.63. The lowest BCUT2D eigenvalue weighted by atomic mass is 10.1. The summed E-state index contributed by atoms with van der Waals surface area (Å²) in [6.45, 7) is 4.05. The summed E-state index contributed by atoms with van der Waals surface area (Å²) in [5.41, 5.74) is 2.67. The summed E-state index contributed by atoms with van der Waals surface area (Å²) in [7, 11) is 3.69. The number of hydrogen-bond donors (Lipinski definition) is 1. The molecular weight excluding hydrogens is 268 g/mol. The maximum absolute atomic E-state index is 12.7. The van der Waals surface area contributed by atoms with Crippen molar-refractivity contribution < 1.29 is 4.79 Å². The first kappa shape index (κ1) is 14.6. The largest absolute Gasteiger partial charge is 0.387 e. The number of amides is 1. The average Bonchev–Trinajstić information content (AvgIpc) is 2.99. The third-order valence-corrected chi connectivity index (χ3v) is 4.57. The van der Waals surface area contributed by atoms with Crippen molar-refractivity contribution in [3.8, 4) is 0 Å². The summed E-state index contributed by atoms with van der Waals surface area (Å²) < 4.78 is 0. The van der Waals surface area contributed by atoms with Crippen LogP contribution in [0.4, 0.5) is 5.69 Å². The Labute approximate surface area is 124 Å². The number of carbonyl (C=O) groups excluding carboxylic acids is 1. The highest BCUT2D eigenvalue weighted by Gasteiger charge is 2.21. The van der Waals surface area contributed by atoms with Gasteiger partial charge in [0.25, 0.3) is 5.91 Å². The fraction of sp³-hybridized carbons (Fsp3) is 0.312. The number of aryl methyl sites for hydroxylation is 1. The fourth-order valence-electron chi connectivity index (χ4n) is 2.14. The molecule has 1 atom stereocenters. The molecule has 0 spiro atoms. The molecule has 4 heteroatoms. The summed E-state index contributed by atoms with van der Waals surface area (Å²) >= 11 is 1.68. The quantitative estimate of drug-likeness (QED) is 0.924. The van der Waals surface area contributed by atoms with Gasteiger partial charge in [-0.2, -0.15) is 0 Å². The molecule has 0 aliphatic carbocycles. The lowest BCUT2D eigenvalue weighted by molar-refractivity contribution is 0.0746. The van der Waals surface area contributed by atoms with Gasteiger partial charge in [-0.05, 0) is 37.4 Å². The molecule has 20 heavy (non-hydrogen) atoms. The van der Waals surface area contributed by atoms with Crippen LogP contribution in [0.5, 0.6) is 0 Å². The third kappa shape index (κ3) is 2.85. The van der Waals surface area contributed by atoms with Gasteiger partial charge in [0.15, 0.2) is 0 Å². The molecule has 1 amide bonds. The van der Waals surface area contributed by atoms with E-state index >= 15 is 0 Å². The third-order valence-electron chi connectivity index (χ3n) is 3.53. The zero-order valence-electron chi connectivity index (χ0n) is 12.3. The van der Waals surface area contributed by atoms with Crippen LogP contribution in [0.15, 0.2) is 35.7 Å². The average molecular weight is 288 g/mol. The van der Waals surface area contributed by atoms with Gasteiger partial charge in [0.05, 0.1) is 11.6 Å². The maximum atomic E-state index is 12.7. The van der Waals surface area contributed by atoms with E-state index in [1.54, 1.807) is 16.2 Å². The van der Waals surface area contributed by atoms with E-state index in [4.69, 9.17) is 0 Å². The minimum Gasteiger partial charge on any atom is -0.387 e. The molecule has 2 rings (SSSR count). The van der Waals surface area contributed by atoms with E-state index in [0.29, 0.717) is 0 Å². The van der Waals surface area contributed by atoms with Gasteiger partial charge in [-0.15, -0.1) is 11.3 Å². The van der Waals surface area contributed by atoms with Crippen molar-refractivity contribution in [2.75, 3.05) is 19.4 Å². The molecule has 1 aromatic carbocycles. The fourth-order valence-corrected chi connectivity index (χ4v) is 2.97. The summed E-state index contributed by atoms with van der Waals surface area (Å²) in [6.07, 6.45) is 0. The summed E-state index contributed by atoms with van der Waals surface area (Å²) in [6, 6.07) is 10.0. The Kier molecular flexibility index (Phi) is 4.45. The molecule has 0 saturated heterocycles. The minimum atomic E-state index is 0.0407. The van der Waals surface area contributed by atoms with E-state index < -0.39 is 0 Å². The molecule has 1 heterocycles. The van der Waals surface area contributed by atoms with Crippen LogP contribution in [0.1, 0.15) is 33.8 Å². The van der Waals surface area contributed by atoms with Crippen molar-refractivity contribution in [1.29, 1.82) is 0 Å². The van der Waals surface area contributed by atoms with Gasteiger partial charge in [-0.25, -0.2) is 0 Å². The van der Waals surface area contributed by atoms with Gasteiger partial charge >= 0.3 is 0 Å². The number of anilines is 1. The summed E-state index contributed by atoms with van der Waals surface area (Å²) in [5, 5.41) is 5.12. The lowest BCUT2D eigenvalue weighted by Crippen LogP contribution is -2.29. The van der Waals surface area contributed by atoms with E-state index in [1.807, 2.05) is 50.7 Å². The van der Waals surface area contributed by atoms with Crippen molar-refractivity contribution in [3.05, 3.63) is 51.7 Å². The monoisotopic (exact) mass is 288 g/mol. The van der Waals surface area contributed by atoms with E-state index in [2.05, 4.69) is 18.3 Å². The van der Waals surface area contributed by atoms with Crippen molar-refractivity contribution in [2.45, 2.75) is 19.9 Å². The molecule has 106 valence electrons. The maximum Gasteiger partial charge on any atom is 0.256 e. The number of nitrogens with one attached hydrogen (secondary N) is 1. The van der Waals surface area contributed by atoms with Crippen LogP contribution in [0, 0.1) is 6.92 Å². The van der Waals surface area contributed by atoms with Crippen LogP contribution in [0.3, 0.4) is 0 Å². The highest BCUT2D eigenvalue weighted by atomic mass is 32.1. The van der Waals surface area contributed by atoms with Gasteiger partial charge < -0.3 is 10.2 Å². The Morgan fingerprint density at radius 2 is 2.10 bits per heavy atom. The molecule has 0 saturated carbocycles. The highest BCUT2D eigenvalue weighted by Crippen LogP contribution is 2.26. The molecule has 0 radical (unpaired) electrons. The zero-order valence-corrected chi connectivity index (χ0v) is 13.1. The van der Waals surface area contributed by atoms with Crippen molar-refractivity contribution >= 4 is 22.9 Å². The molecule has 0 aliphatic rings. The Balaban J connectivity index is 2.29. The van der Waals surface area contributed by atoms with Gasteiger partial charge in [0.1, 0.15) is 0 Å². The molecule has 1 N–H and O–H groups in total. The topological polar surface area (TPSA) is 32.3 Å². The van der Waals surface area contributed by atoms with Crippen molar-refractivity contribution in [2.24, 2.45) is 0 Å². The van der Waals surface area contributed by atoms with Gasteiger partial charge in [0.2, 0.25) is 0 Å². The van der Waals surface area contributed by atoms with Gasteiger partial charge in [-0.3, -0.25) is 4.79 Å². The van der Waals surface area contributed by atoms with Gasteiger partial charge in [0, 0.05) is 24.7 Å². The first-order valence-corrected chi connectivity index (χ1v) is 7.51. The molecule has 0 bridgehead atoms.